The van der Waals surface area contributed by atoms with E-state index in [1.807, 2.05) is 17.8 Å². The van der Waals surface area contributed by atoms with Gasteiger partial charge in [0.1, 0.15) is 17.8 Å². The maximum absolute atomic E-state index is 12.0. The number of nitrogens with one attached hydrogen (secondary N) is 1. The van der Waals surface area contributed by atoms with E-state index in [-0.39, 0.29) is 17.9 Å². The number of fused-ring (bicyclic) bond motifs is 1. The fourth-order valence-electron chi connectivity index (χ4n) is 3.27. The Morgan fingerprint density at radius 1 is 1.32 bits per heavy atom. The van der Waals surface area contributed by atoms with Crippen molar-refractivity contribution in [3.8, 4) is 0 Å². The minimum absolute atomic E-state index is 0.232. The molecule has 1 saturated heterocycles. The van der Waals surface area contributed by atoms with Crippen LogP contribution >= 0.6 is 0 Å². The van der Waals surface area contributed by atoms with Crippen molar-refractivity contribution in [2.45, 2.75) is 31.7 Å². The molecule has 116 valence electrons. The number of hydrogen-bond acceptors (Lipinski definition) is 4. The van der Waals surface area contributed by atoms with Crippen molar-refractivity contribution >= 4 is 22.8 Å². The first-order valence-electron chi connectivity index (χ1n) is 8.04. The van der Waals surface area contributed by atoms with Gasteiger partial charge in [-0.2, -0.15) is 0 Å². The van der Waals surface area contributed by atoms with Crippen LogP contribution in [-0.4, -0.2) is 39.6 Å². The summed E-state index contributed by atoms with van der Waals surface area (Å²) in [6.45, 7) is 1.82. The standard InChI is InChI=1S/C16H21N5O/c1-20-8-6-13-14(20)17-10-18-15(13)21-7-2-3-12(9-21)19-16(22)11-4-5-11/h6,8,10-12H,2-5,7,9H2,1H3,(H,19,22). The van der Waals surface area contributed by atoms with E-state index in [0.717, 1.165) is 55.6 Å². The summed E-state index contributed by atoms with van der Waals surface area (Å²) in [5, 5.41) is 4.29. The highest BCUT2D eigenvalue weighted by atomic mass is 16.2. The van der Waals surface area contributed by atoms with Crippen molar-refractivity contribution in [2.24, 2.45) is 13.0 Å². The van der Waals surface area contributed by atoms with Crippen LogP contribution < -0.4 is 10.2 Å². The number of nitrogens with zero attached hydrogens (tertiary/aromatic N) is 4. The summed E-state index contributed by atoms with van der Waals surface area (Å²) >= 11 is 0. The average Bonchev–Trinajstić information content (AvgIpc) is 3.32. The number of aromatic nitrogens is 3. The fourth-order valence-corrected chi connectivity index (χ4v) is 3.27. The van der Waals surface area contributed by atoms with E-state index in [1.165, 1.54) is 0 Å². The van der Waals surface area contributed by atoms with Gasteiger partial charge in [-0.3, -0.25) is 4.79 Å². The molecule has 1 unspecified atom stereocenters. The molecule has 0 bridgehead atoms. The molecule has 1 atom stereocenters. The largest absolute Gasteiger partial charge is 0.354 e. The molecule has 0 aromatic carbocycles. The molecule has 6 nitrogen and oxygen atoms in total. The first-order chi connectivity index (χ1) is 10.7. The predicted octanol–water partition coefficient (Wildman–Crippen LogP) is 1.46. The first kappa shape index (κ1) is 13.5. The number of aryl methyl sites for hydroxylation is 1. The van der Waals surface area contributed by atoms with Gasteiger partial charge in [0, 0.05) is 38.3 Å². The molecule has 3 heterocycles. The molecule has 0 spiro atoms. The molecule has 2 aromatic heterocycles. The molecule has 22 heavy (non-hydrogen) atoms. The summed E-state index contributed by atoms with van der Waals surface area (Å²) in [4.78, 5) is 23.1. The molecule has 2 aromatic rings. The van der Waals surface area contributed by atoms with Crippen molar-refractivity contribution in [1.29, 1.82) is 0 Å². The number of amides is 1. The monoisotopic (exact) mass is 299 g/mol. The molecular weight excluding hydrogens is 278 g/mol. The molecule has 6 heteroatoms. The molecule has 1 aliphatic heterocycles. The number of anilines is 1. The maximum atomic E-state index is 12.0. The van der Waals surface area contributed by atoms with E-state index < -0.39 is 0 Å². The van der Waals surface area contributed by atoms with Crippen molar-refractivity contribution in [3.63, 3.8) is 0 Å². The molecule has 2 fully saturated rings. The SMILES string of the molecule is Cn1ccc2c(N3CCCC(NC(=O)C4CC4)C3)ncnc21. The van der Waals surface area contributed by atoms with Crippen molar-refractivity contribution in [1.82, 2.24) is 19.9 Å². The topological polar surface area (TPSA) is 63.0 Å². The second kappa shape index (κ2) is 5.26. The third-order valence-electron chi connectivity index (χ3n) is 4.66. The van der Waals surface area contributed by atoms with E-state index in [9.17, 15) is 4.79 Å². The van der Waals surface area contributed by atoms with Crippen LogP contribution in [0.3, 0.4) is 0 Å². The van der Waals surface area contributed by atoms with Gasteiger partial charge in [-0.25, -0.2) is 9.97 Å². The summed E-state index contributed by atoms with van der Waals surface area (Å²) in [6, 6.07) is 2.30. The number of carbonyl (C=O) groups is 1. The first-order valence-corrected chi connectivity index (χ1v) is 8.04. The van der Waals surface area contributed by atoms with Crippen LogP contribution in [0.1, 0.15) is 25.7 Å². The smallest absolute Gasteiger partial charge is 0.223 e. The predicted molar refractivity (Wildman–Crippen MR) is 84.6 cm³/mol. The molecule has 4 rings (SSSR count). The minimum atomic E-state index is 0.232. The zero-order valence-corrected chi connectivity index (χ0v) is 12.8. The van der Waals surface area contributed by atoms with E-state index in [2.05, 4.69) is 26.3 Å². The third-order valence-corrected chi connectivity index (χ3v) is 4.66. The number of carbonyl (C=O) groups excluding carboxylic acids is 1. The Balaban J connectivity index is 1.54. The maximum Gasteiger partial charge on any atom is 0.223 e. The summed E-state index contributed by atoms with van der Waals surface area (Å²) in [5.74, 6) is 1.49. The molecule has 1 amide bonds. The number of piperidine rings is 1. The quantitative estimate of drug-likeness (QED) is 0.932. The van der Waals surface area contributed by atoms with Gasteiger partial charge in [-0.1, -0.05) is 0 Å². The molecule has 1 saturated carbocycles. The lowest BCUT2D eigenvalue weighted by molar-refractivity contribution is -0.123. The Bertz CT molecular complexity index is 706. The molecular formula is C16H21N5O. The van der Waals surface area contributed by atoms with Crippen molar-refractivity contribution < 1.29 is 4.79 Å². The Kier molecular flexibility index (Phi) is 3.24. The highest BCUT2D eigenvalue weighted by molar-refractivity contribution is 5.88. The van der Waals surface area contributed by atoms with Crippen LogP contribution in [0, 0.1) is 5.92 Å². The summed E-state index contributed by atoms with van der Waals surface area (Å²) in [6.07, 6.45) is 7.88. The zero-order valence-electron chi connectivity index (χ0n) is 12.8. The minimum Gasteiger partial charge on any atom is -0.354 e. The highest BCUT2D eigenvalue weighted by Gasteiger charge is 2.32. The van der Waals surface area contributed by atoms with Crippen molar-refractivity contribution in [2.75, 3.05) is 18.0 Å². The van der Waals surface area contributed by atoms with E-state index in [0.29, 0.717) is 0 Å². The van der Waals surface area contributed by atoms with Gasteiger partial charge in [0.25, 0.3) is 0 Å². The van der Waals surface area contributed by atoms with Crippen LogP contribution in [0.5, 0.6) is 0 Å². The summed E-state index contributed by atoms with van der Waals surface area (Å²) < 4.78 is 2.01. The van der Waals surface area contributed by atoms with Gasteiger partial charge in [0.05, 0.1) is 5.39 Å². The van der Waals surface area contributed by atoms with Gasteiger partial charge in [-0.05, 0) is 31.7 Å². The van der Waals surface area contributed by atoms with Gasteiger partial charge in [0.15, 0.2) is 0 Å². The average molecular weight is 299 g/mol. The van der Waals surface area contributed by atoms with Crippen LogP contribution in [0.2, 0.25) is 0 Å². The van der Waals surface area contributed by atoms with Crippen LogP contribution in [0.25, 0.3) is 11.0 Å². The van der Waals surface area contributed by atoms with Crippen LogP contribution in [0.4, 0.5) is 5.82 Å². The Morgan fingerprint density at radius 2 is 2.18 bits per heavy atom. The van der Waals surface area contributed by atoms with E-state index in [4.69, 9.17) is 0 Å². The Morgan fingerprint density at radius 3 is 3.00 bits per heavy atom. The molecule has 1 N–H and O–H groups in total. The van der Waals surface area contributed by atoms with Gasteiger partial charge < -0.3 is 14.8 Å². The Hall–Kier alpha value is -2.11. The number of rotatable bonds is 3. The lowest BCUT2D eigenvalue weighted by atomic mass is 10.1. The normalized spacial score (nSPS) is 22.0. The molecule has 0 radical (unpaired) electrons. The van der Waals surface area contributed by atoms with Crippen LogP contribution in [-0.2, 0) is 11.8 Å². The van der Waals surface area contributed by atoms with Gasteiger partial charge >= 0.3 is 0 Å². The lowest BCUT2D eigenvalue weighted by Crippen LogP contribution is -2.48. The zero-order chi connectivity index (χ0) is 15.1. The van der Waals surface area contributed by atoms with Gasteiger partial charge in [-0.15, -0.1) is 0 Å². The summed E-state index contributed by atoms with van der Waals surface area (Å²) in [5.41, 5.74) is 0.953. The van der Waals surface area contributed by atoms with Gasteiger partial charge in [0.2, 0.25) is 5.91 Å². The van der Waals surface area contributed by atoms with E-state index in [1.54, 1.807) is 6.33 Å². The number of hydrogen-bond donors (Lipinski definition) is 1. The summed E-state index contributed by atoms with van der Waals surface area (Å²) in [7, 11) is 1.99. The van der Waals surface area contributed by atoms with Crippen LogP contribution in [0.15, 0.2) is 18.6 Å². The lowest BCUT2D eigenvalue weighted by Gasteiger charge is -2.34. The fraction of sp³-hybridized carbons (Fsp3) is 0.562. The van der Waals surface area contributed by atoms with E-state index >= 15 is 0 Å². The molecule has 2 aliphatic rings. The molecule has 1 aliphatic carbocycles. The second-order valence-corrected chi connectivity index (χ2v) is 6.43. The second-order valence-electron chi connectivity index (χ2n) is 6.43. The third kappa shape index (κ3) is 2.42. The highest BCUT2D eigenvalue weighted by Crippen LogP contribution is 2.30. The Labute approximate surface area is 129 Å². The van der Waals surface area contributed by atoms with Crippen molar-refractivity contribution in [3.05, 3.63) is 18.6 Å².